The molecule has 0 spiro atoms. The molecule has 0 aliphatic heterocycles. The van der Waals surface area contributed by atoms with Gasteiger partial charge in [-0.1, -0.05) is 0 Å². The molecular weight excluding hydrogens is 222 g/mol. The van der Waals surface area contributed by atoms with Crippen LogP contribution in [0, 0.1) is 20.2 Å². The Morgan fingerprint density at radius 3 is 2.31 bits per heavy atom. The summed E-state index contributed by atoms with van der Waals surface area (Å²) in [6.45, 7) is 1.30. The van der Waals surface area contributed by atoms with Crippen LogP contribution in [-0.2, 0) is 4.79 Å². The van der Waals surface area contributed by atoms with Crippen molar-refractivity contribution in [3.63, 3.8) is 0 Å². The molecule has 0 saturated heterocycles. The van der Waals surface area contributed by atoms with Crippen molar-refractivity contribution in [1.82, 2.24) is 0 Å². The van der Waals surface area contributed by atoms with Gasteiger partial charge in [0.1, 0.15) is 15.6 Å². The van der Waals surface area contributed by atoms with Gasteiger partial charge >= 0.3 is 6.17 Å². The van der Waals surface area contributed by atoms with Gasteiger partial charge in [0, 0.05) is 12.6 Å². The maximum absolute atomic E-state index is 10.5. The summed E-state index contributed by atoms with van der Waals surface area (Å²) in [5, 5.41) is 26.7. The van der Waals surface area contributed by atoms with Crippen molar-refractivity contribution in [3.8, 4) is 0 Å². The highest BCUT2D eigenvalue weighted by Gasteiger charge is 2.37. The summed E-state index contributed by atoms with van der Waals surface area (Å²) in [5.74, 6) is -1.05. The molecule has 0 heterocycles. The summed E-state index contributed by atoms with van der Waals surface area (Å²) >= 11 is 0. The Labute approximate surface area is 89.1 Å². The van der Waals surface area contributed by atoms with Crippen LogP contribution in [0.15, 0.2) is 10.2 Å². The minimum Gasteiger partial charge on any atom is -0.374 e. The van der Waals surface area contributed by atoms with Crippen molar-refractivity contribution >= 4 is 17.8 Å². The summed E-state index contributed by atoms with van der Waals surface area (Å²) < 4.78 is 0. The lowest BCUT2D eigenvalue weighted by Crippen LogP contribution is -2.41. The Bertz CT molecular complexity index is 348. The number of hydrogen-bond acceptors (Lipinski definition) is 7. The summed E-state index contributed by atoms with van der Waals surface area (Å²) in [4.78, 5) is 28.5. The first-order valence-corrected chi connectivity index (χ1v) is 3.97. The Kier molecular flexibility index (Phi) is 5.24. The molecule has 0 unspecified atom stereocenters. The fourth-order valence-electron chi connectivity index (χ4n) is 0.621. The van der Waals surface area contributed by atoms with Crippen LogP contribution in [0.5, 0.6) is 0 Å². The van der Waals surface area contributed by atoms with E-state index >= 15 is 0 Å². The second-order valence-electron chi connectivity index (χ2n) is 2.67. The van der Waals surface area contributed by atoms with Crippen molar-refractivity contribution in [2.75, 3.05) is 0 Å². The number of nitrogens with zero attached hydrogens (tertiary/aromatic N) is 4. The first-order valence-electron chi connectivity index (χ1n) is 3.97. The first kappa shape index (κ1) is 13.6. The number of hydrogen-bond donors (Lipinski definition) is 1. The topological polar surface area (TPSA) is 154 Å². The van der Waals surface area contributed by atoms with Gasteiger partial charge in [-0.05, 0) is 6.92 Å². The number of rotatable bonds is 6. The molecule has 10 heteroatoms. The maximum atomic E-state index is 10.5. The lowest BCUT2D eigenvalue weighted by Gasteiger charge is -1.98. The molecule has 0 aliphatic rings. The fourth-order valence-corrected chi connectivity index (χ4v) is 0.621. The molecule has 0 fully saturated rings. The third-order valence-corrected chi connectivity index (χ3v) is 1.30. The lowest BCUT2D eigenvalue weighted by molar-refractivity contribution is -0.719. The van der Waals surface area contributed by atoms with Crippen LogP contribution in [0.1, 0.15) is 13.3 Å². The third kappa shape index (κ3) is 4.74. The average Bonchev–Trinajstić information content (AvgIpc) is 2.10. The second kappa shape index (κ2) is 6.16. The SMILES string of the molecule is CC(=O)CC=NN=C(N)C([N+](=O)[O-])[N+](=O)[O-]. The van der Waals surface area contributed by atoms with Gasteiger partial charge in [-0.15, -0.1) is 5.10 Å². The van der Waals surface area contributed by atoms with E-state index in [-0.39, 0.29) is 12.2 Å². The summed E-state index contributed by atoms with van der Waals surface area (Å²) in [5.41, 5.74) is 5.00. The minimum absolute atomic E-state index is 0.0294. The number of nitro groups is 2. The van der Waals surface area contributed by atoms with E-state index in [1.54, 1.807) is 0 Å². The van der Waals surface area contributed by atoms with E-state index < -0.39 is 21.8 Å². The number of Topliss-reactive ketones (excluding diaryl/α,β-unsaturated/α-hetero) is 1. The molecule has 0 radical (unpaired) electrons. The molecule has 0 bridgehead atoms. The molecule has 0 aromatic heterocycles. The molecule has 0 aromatic rings. The Morgan fingerprint density at radius 2 is 1.94 bits per heavy atom. The standard InChI is InChI=1S/C6H9N5O5/c1-4(12)2-3-8-9-5(7)6(10(13)14)11(15)16/h3,6H,2H2,1H3,(H2,7,9). The highest BCUT2D eigenvalue weighted by Crippen LogP contribution is 1.92. The highest BCUT2D eigenvalue weighted by atomic mass is 16.7. The lowest BCUT2D eigenvalue weighted by atomic mass is 10.3. The quantitative estimate of drug-likeness (QED) is 0.207. The third-order valence-electron chi connectivity index (χ3n) is 1.30. The smallest absolute Gasteiger partial charge is 0.374 e. The normalized spacial score (nSPS) is 12.0. The molecule has 0 atom stereocenters. The van der Waals surface area contributed by atoms with Crippen LogP contribution in [0.2, 0.25) is 0 Å². The molecule has 2 N–H and O–H groups in total. The number of carbonyl (C=O) groups excluding carboxylic acids is 1. The second-order valence-corrected chi connectivity index (χ2v) is 2.67. The van der Waals surface area contributed by atoms with E-state index in [0.29, 0.717) is 0 Å². The zero-order chi connectivity index (χ0) is 12.7. The van der Waals surface area contributed by atoms with Crippen molar-refractivity contribution in [2.45, 2.75) is 19.5 Å². The van der Waals surface area contributed by atoms with E-state index in [0.717, 1.165) is 6.21 Å². The minimum atomic E-state index is -2.32. The van der Waals surface area contributed by atoms with Crippen LogP contribution in [0.3, 0.4) is 0 Å². The molecule has 16 heavy (non-hydrogen) atoms. The number of nitrogens with two attached hydrogens (primary N) is 1. The Hall–Kier alpha value is -2.39. The van der Waals surface area contributed by atoms with Crippen LogP contribution in [-0.4, -0.2) is 33.8 Å². The molecule has 88 valence electrons. The highest BCUT2D eigenvalue weighted by molar-refractivity contribution is 5.90. The fraction of sp³-hybridized carbons (Fsp3) is 0.500. The van der Waals surface area contributed by atoms with Gasteiger partial charge in [-0.25, -0.2) is 0 Å². The van der Waals surface area contributed by atoms with Crippen LogP contribution in [0.4, 0.5) is 0 Å². The van der Waals surface area contributed by atoms with Crippen LogP contribution >= 0.6 is 0 Å². The number of amidine groups is 1. The molecule has 0 amide bonds. The van der Waals surface area contributed by atoms with Gasteiger partial charge in [0.05, 0.1) is 0 Å². The molecule has 0 aliphatic carbocycles. The molecule has 0 rings (SSSR count). The van der Waals surface area contributed by atoms with E-state index in [2.05, 4.69) is 10.2 Å². The van der Waals surface area contributed by atoms with Crippen LogP contribution in [0.25, 0.3) is 0 Å². The molecular formula is C6H9N5O5. The van der Waals surface area contributed by atoms with Gasteiger partial charge in [0.25, 0.3) is 5.84 Å². The zero-order valence-electron chi connectivity index (χ0n) is 8.27. The molecule has 0 saturated carbocycles. The first-order chi connectivity index (χ1) is 7.36. The Morgan fingerprint density at radius 1 is 1.44 bits per heavy atom. The largest absolute Gasteiger partial charge is 0.508 e. The van der Waals surface area contributed by atoms with Gasteiger partial charge in [-0.2, -0.15) is 5.10 Å². The van der Waals surface area contributed by atoms with Crippen molar-refractivity contribution < 1.29 is 14.6 Å². The van der Waals surface area contributed by atoms with E-state index in [9.17, 15) is 25.0 Å². The van der Waals surface area contributed by atoms with Crippen molar-refractivity contribution in [3.05, 3.63) is 20.2 Å². The number of ketones is 1. The van der Waals surface area contributed by atoms with Crippen molar-refractivity contribution in [1.29, 1.82) is 0 Å². The zero-order valence-corrected chi connectivity index (χ0v) is 8.27. The van der Waals surface area contributed by atoms with E-state index in [1.165, 1.54) is 6.92 Å². The predicted octanol–water partition coefficient (Wildman–Crippen LogP) is -0.812. The van der Waals surface area contributed by atoms with Gasteiger partial charge < -0.3 is 5.73 Å². The van der Waals surface area contributed by atoms with Gasteiger partial charge in [0.2, 0.25) is 0 Å². The maximum Gasteiger partial charge on any atom is 0.508 e. The molecule has 0 aromatic carbocycles. The number of carbonyl (C=O) groups is 1. The van der Waals surface area contributed by atoms with E-state index in [4.69, 9.17) is 5.73 Å². The Balaban J connectivity index is 4.62. The van der Waals surface area contributed by atoms with E-state index in [1.807, 2.05) is 0 Å². The average molecular weight is 231 g/mol. The predicted molar refractivity (Wildman–Crippen MR) is 53.2 cm³/mol. The van der Waals surface area contributed by atoms with Gasteiger partial charge in [0.15, 0.2) is 0 Å². The molecule has 10 nitrogen and oxygen atoms in total. The summed E-state index contributed by atoms with van der Waals surface area (Å²) in [7, 11) is 0. The van der Waals surface area contributed by atoms with Crippen LogP contribution < -0.4 is 5.73 Å². The summed E-state index contributed by atoms with van der Waals surface area (Å²) in [6.07, 6.45) is -1.31. The van der Waals surface area contributed by atoms with Gasteiger partial charge in [-0.3, -0.25) is 25.0 Å². The summed E-state index contributed by atoms with van der Waals surface area (Å²) in [6, 6.07) is 0. The van der Waals surface area contributed by atoms with Crippen molar-refractivity contribution in [2.24, 2.45) is 15.9 Å². The monoisotopic (exact) mass is 231 g/mol.